The van der Waals surface area contributed by atoms with E-state index in [9.17, 15) is 0 Å². The average Bonchev–Trinajstić information content (AvgIpc) is 2.40. The zero-order valence-corrected chi connectivity index (χ0v) is 12.5. The van der Waals surface area contributed by atoms with Gasteiger partial charge in [0.15, 0.2) is 0 Å². The highest BCUT2D eigenvalue weighted by molar-refractivity contribution is 4.81. The summed E-state index contributed by atoms with van der Waals surface area (Å²) >= 11 is 0. The van der Waals surface area contributed by atoms with E-state index in [-0.39, 0.29) is 0 Å². The maximum atomic E-state index is 3.81. The smallest absolute Gasteiger partial charge is 0.00952 e. The first-order chi connectivity index (χ1) is 8.75. The van der Waals surface area contributed by atoms with Crippen LogP contribution in [0.1, 0.15) is 58.8 Å². The fourth-order valence-electron chi connectivity index (χ4n) is 3.59. The minimum absolute atomic E-state index is 0.787. The van der Waals surface area contributed by atoms with E-state index in [4.69, 9.17) is 0 Å². The van der Waals surface area contributed by atoms with Crippen LogP contribution in [0.2, 0.25) is 0 Å². The molecule has 2 fully saturated rings. The monoisotopic (exact) mass is 252 g/mol. The largest absolute Gasteiger partial charge is 0.314 e. The van der Waals surface area contributed by atoms with Crippen LogP contribution in [0.15, 0.2) is 0 Å². The second-order valence-electron chi connectivity index (χ2n) is 6.71. The van der Waals surface area contributed by atoms with Gasteiger partial charge in [0.2, 0.25) is 0 Å². The van der Waals surface area contributed by atoms with Crippen molar-refractivity contribution < 1.29 is 0 Å². The van der Waals surface area contributed by atoms with Crippen molar-refractivity contribution >= 4 is 0 Å². The minimum atomic E-state index is 0.787. The van der Waals surface area contributed by atoms with E-state index in [0.29, 0.717) is 0 Å². The van der Waals surface area contributed by atoms with E-state index in [0.717, 1.165) is 17.9 Å². The van der Waals surface area contributed by atoms with Gasteiger partial charge in [0.25, 0.3) is 0 Å². The van der Waals surface area contributed by atoms with E-state index < -0.39 is 0 Å². The van der Waals surface area contributed by atoms with E-state index in [1.807, 2.05) is 0 Å². The number of piperidine rings is 1. The zero-order valence-electron chi connectivity index (χ0n) is 12.5. The van der Waals surface area contributed by atoms with Gasteiger partial charge in [-0.2, -0.15) is 0 Å². The predicted molar refractivity (Wildman–Crippen MR) is 78.9 cm³/mol. The highest BCUT2D eigenvalue weighted by atomic mass is 15.1. The van der Waals surface area contributed by atoms with E-state index >= 15 is 0 Å². The van der Waals surface area contributed by atoms with Gasteiger partial charge in [0, 0.05) is 6.04 Å². The molecule has 2 rings (SSSR count). The molecule has 0 radical (unpaired) electrons. The van der Waals surface area contributed by atoms with Crippen molar-refractivity contribution in [3.8, 4) is 0 Å². The van der Waals surface area contributed by atoms with Gasteiger partial charge >= 0.3 is 0 Å². The maximum absolute atomic E-state index is 3.81. The van der Waals surface area contributed by atoms with Crippen LogP contribution in [0.5, 0.6) is 0 Å². The van der Waals surface area contributed by atoms with E-state index in [2.05, 4.69) is 24.1 Å². The lowest BCUT2D eigenvalue weighted by atomic mass is 9.80. The lowest BCUT2D eigenvalue weighted by Gasteiger charge is -2.34. The quantitative estimate of drug-likeness (QED) is 0.755. The molecule has 106 valence electrons. The van der Waals surface area contributed by atoms with Crippen molar-refractivity contribution in [1.82, 2.24) is 10.2 Å². The summed E-state index contributed by atoms with van der Waals surface area (Å²) < 4.78 is 0. The number of hydrogen-bond donors (Lipinski definition) is 1. The summed E-state index contributed by atoms with van der Waals surface area (Å²) in [6, 6.07) is 0.787. The van der Waals surface area contributed by atoms with Crippen LogP contribution in [0.4, 0.5) is 0 Å². The van der Waals surface area contributed by atoms with Gasteiger partial charge in [0.1, 0.15) is 0 Å². The standard InChI is InChI=1S/C16H32N2/c1-14-7-8-15(2)16(13-14)17-9-6-12-18-10-4-3-5-11-18/h14-17H,3-13H2,1-2H3. The second kappa shape index (κ2) is 7.49. The average molecular weight is 252 g/mol. The molecule has 2 heteroatoms. The summed E-state index contributed by atoms with van der Waals surface area (Å²) in [5.41, 5.74) is 0. The molecule has 0 bridgehead atoms. The van der Waals surface area contributed by atoms with Crippen LogP contribution in [-0.2, 0) is 0 Å². The van der Waals surface area contributed by atoms with Gasteiger partial charge in [-0.25, -0.2) is 0 Å². The molecule has 0 spiro atoms. The number of nitrogens with zero attached hydrogens (tertiary/aromatic N) is 1. The van der Waals surface area contributed by atoms with Crippen LogP contribution in [-0.4, -0.2) is 37.1 Å². The molecule has 0 aromatic heterocycles. The molecular formula is C16H32N2. The Labute approximate surface area is 114 Å². The number of nitrogens with one attached hydrogen (secondary N) is 1. The molecule has 1 saturated heterocycles. The molecule has 2 nitrogen and oxygen atoms in total. The summed E-state index contributed by atoms with van der Waals surface area (Å²) in [6.45, 7) is 10.1. The van der Waals surface area contributed by atoms with Crippen LogP contribution in [0.25, 0.3) is 0 Å². The van der Waals surface area contributed by atoms with Gasteiger partial charge in [-0.15, -0.1) is 0 Å². The Morgan fingerprint density at radius 1 is 1.06 bits per heavy atom. The predicted octanol–water partition coefficient (Wildman–Crippen LogP) is 3.28. The fourth-order valence-corrected chi connectivity index (χ4v) is 3.59. The molecule has 1 heterocycles. The minimum Gasteiger partial charge on any atom is -0.314 e. The normalized spacial score (nSPS) is 34.7. The van der Waals surface area contributed by atoms with Gasteiger partial charge in [0.05, 0.1) is 0 Å². The van der Waals surface area contributed by atoms with Crippen LogP contribution < -0.4 is 5.32 Å². The second-order valence-corrected chi connectivity index (χ2v) is 6.71. The number of rotatable bonds is 5. The van der Waals surface area contributed by atoms with Crippen LogP contribution >= 0.6 is 0 Å². The highest BCUT2D eigenvalue weighted by Gasteiger charge is 2.24. The maximum Gasteiger partial charge on any atom is 0.00952 e. The molecule has 0 aromatic rings. The van der Waals surface area contributed by atoms with E-state index in [1.165, 1.54) is 71.1 Å². The SMILES string of the molecule is CC1CCC(C)C(NCCCN2CCCCC2)C1. The molecule has 0 aromatic carbocycles. The third kappa shape index (κ3) is 4.55. The first-order valence-corrected chi connectivity index (χ1v) is 8.21. The first-order valence-electron chi connectivity index (χ1n) is 8.21. The van der Waals surface area contributed by atoms with Crippen molar-refractivity contribution in [3.63, 3.8) is 0 Å². The lowest BCUT2D eigenvalue weighted by Crippen LogP contribution is -2.41. The number of likely N-dealkylation sites (tertiary alicyclic amines) is 1. The summed E-state index contributed by atoms with van der Waals surface area (Å²) in [6.07, 6.45) is 9.88. The Bertz CT molecular complexity index is 223. The van der Waals surface area contributed by atoms with Crippen LogP contribution in [0, 0.1) is 11.8 Å². The van der Waals surface area contributed by atoms with Crippen molar-refractivity contribution in [1.29, 1.82) is 0 Å². The lowest BCUT2D eigenvalue weighted by molar-refractivity contribution is 0.209. The van der Waals surface area contributed by atoms with Crippen LogP contribution in [0.3, 0.4) is 0 Å². The van der Waals surface area contributed by atoms with Gasteiger partial charge in [-0.3, -0.25) is 0 Å². The number of hydrogen-bond acceptors (Lipinski definition) is 2. The molecule has 1 aliphatic carbocycles. The van der Waals surface area contributed by atoms with Crippen molar-refractivity contribution in [2.75, 3.05) is 26.2 Å². The Hall–Kier alpha value is -0.0800. The summed E-state index contributed by atoms with van der Waals surface area (Å²) in [4.78, 5) is 2.65. The van der Waals surface area contributed by atoms with Crippen molar-refractivity contribution in [3.05, 3.63) is 0 Å². The first kappa shape index (κ1) is 14.3. The molecule has 18 heavy (non-hydrogen) atoms. The molecule has 1 aliphatic heterocycles. The third-order valence-corrected chi connectivity index (χ3v) is 4.96. The molecule has 2 aliphatic rings. The summed E-state index contributed by atoms with van der Waals surface area (Å²) in [5.74, 6) is 1.82. The molecule has 1 N–H and O–H groups in total. The molecule has 3 unspecified atom stereocenters. The van der Waals surface area contributed by atoms with Gasteiger partial charge in [-0.1, -0.05) is 26.7 Å². The molecule has 3 atom stereocenters. The summed E-state index contributed by atoms with van der Waals surface area (Å²) in [5, 5.41) is 3.81. The molecule has 0 amide bonds. The Kier molecular flexibility index (Phi) is 5.97. The van der Waals surface area contributed by atoms with Gasteiger partial charge in [-0.05, 0) is 70.1 Å². The third-order valence-electron chi connectivity index (χ3n) is 4.96. The zero-order chi connectivity index (χ0) is 12.8. The Morgan fingerprint density at radius 2 is 1.83 bits per heavy atom. The van der Waals surface area contributed by atoms with Crippen molar-refractivity contribution in [2.24, 2.45) is 11.8 Å². The van der Waals surface area contributed by atoms with Gasteiger partial charge < -0.3 is 10.2 Å². The topological polar surface area (TPSA) is 15.3 Å². The Balaban J connectivity index is 1.56. The fraction of sp³-hybridized carbons (Fsp3) is 1.00. The van der Waals surface area contributed by atoms with E-state index in [1.54, 1.807) is 0 Å². The highest BCUT2D eigenvalue weighted by Crippen LogP contribution is 2.28. The molecule has 1 saturated carbocycles. The Morgan fingerprint density at radius 3 is 2.61 bits per heavy atom. The molecular weight excluding hydrogens is 220 g/mol. The summed E-state index contributed by atoms with van der Waals surface area (Å²) in [7, 11) is 0. The van der Waals surface area contributed by atoms with Crippen molar-refractivity contribution in [2.45, 2.75) is 64.8 Å².